The number of amides is 1. The van der Waals surface area contributed by atoms with Crippen LogP contribution in [0.2, 0.25) is 0 Å². The van der Waals surface area contributed by atoms with Gasteiger partial charge >= 0.3 is 0 Å². The number of hydrogen-bond acceptors (Lipinski definition) is 3. The van der Waals surface area contributed by atoms with Crippen LogP contribution in [0.5, 0.6) is 0 Å². The Hall–Kier alpha value is -1.98. The Morgan fingerprint density at radius 3 is 2.50 bits per heavy atom. The summed E-state index contributed by atoms with van der Waals surface area (Å²) in [7, 11) is 0. The van der Waals surface area contributed by atoms with E-state index in [0.29, 0.717) is 0 Å². The summed E-state index contributed by atoms with van der Waals surface area (Å²) < 4.78 is 12.4. The second kappa shape index (κ2) is 5.20. The molecule has 0 aliphatic rings. The molecule has 0 saturated carbocycles. The van der Waals surface area contributed by atoms with Gasteiger partial charge in [0.05, 0.1) is 4.92 Å². The molecule has 0 spiro atoms. The fourth-order valence-electron chi connectivity index (χ4n) is 1.07. The van der Waals surface area contributed by atoms with E-state index in [2.05, 4.69) is 5.32 Å². The number of benzene rings is 1. The van der Waals surface area contributed by atoms with Gasteiger partial charge in [-0.15, -0.1) is 0 Å². The van der Waals surface area contributed by atoms with Crippen molar-refractivity contribution in [2.75, 3.05) is 6.54 Å². The lowest BCUT2D eigenvalue weighted by molar-refractivity contribution is -0.384. The SMILES string of the molecule is CC(F)CNC(=O)c1ccc([N+](=O)[O-])cc1. The predicted molar refractivity (Wildman–Crippen MR) is 56.0 cm³/mol. The van der Waals surface area contributed by atoms with E-state index in [1.807, 2.05) is 0 Å². The zero-order valence-corrected chi connectivity index (χ0v) is 8.64. The van der Waals surface area contributed by atoms with Crippen molar-refractivity contribution in [2.24, 2.45) is 0 Å². The molecule has 16 heavy (non-hydrogen) atoms. The molecule has 1 N–H and O–H groups in total. The third kappa shape index (κ3) is 3.30. The van der Waals surface area contributed by atoms with Gasteiger partial charge in [0, 0.05) is 24.2 Å². The van der Waals surface area contributed by atoms with Crippen molar-refractivity contribution in [3.8, 4) is 0 Å². The average molecular weight is 226 g/mol. The molecule has 0 aliphatic carbocycles. The van der Waals surface area contributed by atoms with Crippen LogP contribution in [0.4, 0.5) is 10.1 Å². The molecule has 0 radical (unpaired) electrons. The lowest BCUT2D eigenvalue weighted by atomic mass is 10.2. The summed E-state index contributed by atoms with van der Waals surface area (Å²) >= 11 is 0. The third-order valence-electron chi connectivity index (χ3n) is 1.88. The van der Waals surface area contributed by atoms with Crippen LogP contribution in [-0.4, -0.2) is 23.5 Å². The Kier molecular flexibility index (Phi) is 3.93. The Bertz CT molecular complexity index is 390. The minimum atomic E-state index is -1.12. The summed E-state index contributed by atoms with van der Waals surface area (Å²) in [5.74, 6) is -0.445. The van der Waals surface area contributed by atoms with E-state index in [-0.39, 0.29) is 17.8 Å². The quantitative estimate of drug-likeness (QED) is 0.627. The first kappa shape index (κ1) is 12.1. The molecule has 0 bridgehead atoms. The van der Waals surface area contributed by atoms with Crippen LogP contribution in [0.3, 0.4) is 0 Å². The number of halogens is 1. The number of non-ortho nitro benzene ring substituents is 1. The van der Waals surface area contributed by atoms with Crippen LogP contribution in [0.1, 0.15) is 17.3 Å². The van der Waals surface area contributed by atoms with E-state index >= 15 is 0 Å². The van der Waals surface area contributed by atoms with E-state index in [9.17, 15) is 19.3 Å². The maximum atomic E-state index is 12.4. The molecule has 1 amide bonds. The van der Waals surface area contributed by atoms with Crippen LogP contribution in [-0.2, 0) is 0 Å². The van der Waals surface area contributed by atoms with E-state index in [1.165, 1.54) is 31.2 Å². The highest BCUT2D eigenvalue weighted by molar-refractivity contribution is 5.94. The van der Waals surface area contributed by atoms with Crippen molar-refractivity contribution in [2.45, 2.75) is 13.1 Å². The largest absolute Gasteiger partial charge is 0.349 e. The predicted octanol–water partition coefficient (Wildman–Crippen LogP) is 1.68. The molecule has 1 unspecified atom stereocenters. The van der Waals surface area contributed by atoms with Gasteiger partial charge in [0.2, 0.25) is 0 Å². The van der Waals surface area contributed by atoms with Gasteiger partial charge in [-0.1, -0.05) is 0 Å². The van der Waals surface area contributed by atoms with Crippen LogP contribution >= 0.6 is 0 Å². The number of nitrogens with zero attached hydrogens (tertiary/aromatic N) is 1. The number of alkyl halides is 1. The first-order chi connectivity index (χ1) is 7.50. The highest BCUT2D eigenvalue weighted by Gasteiger charge is 2.09. The second-order valence-corrected chi connectivity index (χ2v) is 3.29. The van der Waals surface area contributed by atoms with E-state index in [0.717, 1.165) is 0 Å². The van der Waals surface area contributed by atoms with E-state index < -0.39 is 17.0 Å². The van der Waals surface area contributed by atoms with Gasteiger partial charge in [0.25, 0.3) is 11.6 Å². The minimum absolute atomic E-state index is 0.0736. The monoisotopic (exact) mass is 226 g/mol. The van der Waals surface area contributed by atoms with Crippen molar-refractivity contribution in [3.05, 3.63) is 39.9 Å². The Morgan fingerprint density at radius 1 is 1.50 bits per heavy atom. The summed E-state index contributed by atoms with van der Waals surface area (Å²) in [5, 5.41) is 12.7. The van der Waals surface area contributed by atoms with Crippen LogP contribution in [0.25, 0.3) is 0 Å². The lowest BCUT2D eigenvalue weighted by Crippen LogP contribution is -2.28. The van der Waals surface area contributed by atoms with Gasteiger partial charge in [-0.3, -0.25) is 14.9 Å². The van der Waals surface area contributed by atoms with Crippen LogP contribution in [0.15, 0.2) is 24.3 Å². The average Bonchev–Trinajstić information content (AvgIpc) is 2.26. The highest BCUT2D eigenvalue weighted by atomic mass is 19.1. The molecule has 1 aromatic rings. The lowest BCUT2D eigenvalue weighted by Gasteiger charge is -2.05. The number of nitro groups is 1. The van der Waals surface area contributed by atoms with Gasteiger partial charge in [0.15, 0.2) is 0 Å². The summed E-state index contributed by atoms with van der Waals surface area (Å²) in [6.07, 6.45) is -1.12. The summed E-state index contributed by atoms with van der Waals surface area (Å²) in [6.45, 7) is 1.26. The molecule has 6 heteroatoms. The molecule has 1 aromatic carbocycles. The summed E-state index contributed by atoms with van der Waals surface area (Å²) in [6, 6.07) is 5.12. The molecule has 1 rings (SSSR count). The molecule has 86 valence electrons. The fraction of sp³-hybridized carbons (Fsp3) is 0.300. The number of hydrogen-bond donors (Lipinski definition) is 1. The standard InChI is InChI=1S/C10H11FN2O3/c1-7(11)6-12-10(14)8-2-4-9(5-3-8)13(15)16/h2-5,7H,6H2,1H3,(H,12,14). The normalized spacial score (nSPS) is 11.9. The second-order valence-electron chi connectivity index (χ2n) is 3.29. The molecule has 1 atom stereocenters. The topological polar surface area (TPSA) is 72.2 Å². The maximum Gasteiger partial charge on any atom is 0.269 e. The van der Waals surface area contributed by atoms with Gasteiger partial charge in [0.1, 0.15) is 6.17 Å². The smallest absolute Gasteiger partial charge is 0.269 e. The summed E-state index contributed by atoms with van der Waals surface area (Å²) in [5.41, 5.74) is 0.182. The molecular formula is C10H11FN2O3. The minimum Gasteiger partial charge on any atom is -0.349 e. The molecule has 5 nitrogen and oxygen atoms in total. The zero-order valence-electron chi connectivity index (χ0n) is 8.64. The van der Waals surface area contributed by atoms with E-state index in [1.54, 1.807) is 0 Å². The number of carbonyl (C=O) groups is 1. The van der Waals surface area contributed by atoms with Gasteiger partial charge in [-0.05, 0) is 19.1 Å². The molecule has 0 aliphatic heterocycles. The Labute approximate surface area is 91.4 Å². The van der Waals surface area contributed by atoms with E-state index in [4.69, 9.17) is 0 Å². The number of nitro benzene ring substituents is 1. The fourth-order valence-corrected chi connectivity index (χ4v) is 1.07. The number of carbonyl (C=O) groups excluding carboxylic acids is 1. The Morgan fingerprint density at radius 2 is 2.06 bits per heavy atom. The first-order valence-corrected chi connectivity index (χ1v) is 4.67. The Balaban J connectivity index is 2.67. The summed E-state index contributed by atoms with van der Waals surface area (Å²) in [4.78, 5) is 21.2. The van der Waals surface area contributed by atoms with Crippen molar-refractivity contribution in [1.29, 1.82) is 0 Å². The van der Waals surface area contributed by atoms with Crippen molar-refractivity contribution >= 4 is 11.6 Å². The van der Waals surface area contributed by atoms with Crippen LogP contribution in [0, 0.1) is 10.1 Å². The number of rotatable bonds is 4. The third-order valence-corrected chi connectivity index (χ3v) is 1.88. The van der Waals surface area contributed by atoms with Crippen LogP contribution < -0.4 is 5.32 Å². The van der Waals surface area contributed by atoms with Crippen molar-refractivity contribution in [1.82, 2.24) is 5.32 Å². The van der Waals surface area contributed by atoms with Crippen molar-refractivity contribution < 1.29 is 14.1 Å². The van der Waals surface area contributed by atoms with Crippen molar-refractivity contribution in [3.63, 3.8) is 0 Å². The number of nitrogens with one attached hydrogen (secondary N) is 1. The zero-order chi connectivity index (χ0) is 12.1. The molecule has 0 saturated heterocycles. The molecule has 0 heterocycles. The highest BCUT2D eigenvalue weighted by Crippen LogP contribution is 2.11. The molecule has 0 aromatic heterocycles. The first-order valence-electron chi connectivity index (χ1n) is 4.67. The van der Waals surface area contributed by atoms with Gasteiger partial charge < -0.3 is 5.32 Å². The molecular weight excluding hydrogens is 215 g/mol. The molecule has 0 fully saturated rings. The van der Waals surface area contributed by atoms with Gasteiger partial charge in [-0.25, -0.2) is 4.39 Å². The maximum absolute atomic E-state index is 12.4. The van der Waals surface area contributed by atoms with Gasteiger partial charge in [-0.2, -0.15) is 0 Å².